The van der Waals surface area contributed by atoms with Crippen molar-refractivity contribution in [1.82, 2.24) is 118 Å². The number of hydrogen-bond donors (Lipinski definition) is 8. The van der Waals surface area contributed by atoms with Crippen molar-refractivity contribution in [3.05, 3.63) is 278 Å². The van der Waals surface area contributed by atoms with E-state index in [4.69, 9.17) is 48.1 Å². The number of hydrogen-bond acceptors (Lipinski definition) is 21. The lowest BCUT2D eigenvalue weighted by atomic mass is 9.79. The molecule has 4 aliphatic rings. The maximum absolute atomic E-state index is 12.2. The van der Waals surface area contributed by atoms with Crippen molar-refractivity contribution >= 4 is 102 Å². The molecule has 1 aliphatic carbocycles. The van der Waals surface area contributed by atoms with Crippen molar-refractivity contribution in [1.29, 1.82) is 0 Å². The number of piperidine rings is 3. The third-order valence-corrected chi connectivity index (χ3v) is 27.7. The minimum Gasteiger partial charge on any atom is -0.481 e. The van der Waals surface area contributed by atoms with E-state index in [1.165, 1.54) is 20.8 Å². The van der Waals surface area contributed by atoms with Gasteiger partial charge < -0.3 is 54.8 Å². The van der Waals surface area contributed by atoms with Crippen LogP contribution in [0.15, 0.2) is 250 Å². The van der Waals surface area contributed by atoms with Crippen LogP contribution in [0.4, 0.5) is 0 Å². The summed E-state index contributed by atoms with van der Waals surface area (Å²) >= 11 is 6.60. The van der Waals surface area contributed by atoms with Crippen molar-refractivity contribution in [2.24, 2.45) is 11.8 Å². The van der Waals surface area contributed by atoms with Crippen molar-refractivity contribution < 1.29 is 51.2 Å². The highest BCUT2D eigenvalue weighted by molar-refractivity contribution is 6.35. The second-order valence-electron chi connectivity index (χ2n) is 36.5. The van der Waals surface area contributed by atoms with Gasteiger partial charge in [0.25, 0.3) is 17.7 Å². The smallest absolute Gasteiger partial charge is 0.306 e. The molecule has 4 fully saturated rings. The van der Waals surface area contributed by atoms with E-state index >= 15 is 0 Å². The van der Waals surface area contributed by atoms with Gasteiger partial charge in [0.15, 0.2) is 28.2 Å². The predicted molar refractivity (Wildman–Crippen MR) is 541 cm³/mol. The third kappa shape index (κ3) is 18.5. The van der Waals surface area contributed by atoms with E-state index in [1.54, 1.807) is 65.2 Å². The number of aliphatic hydroxyl groups is 3. The zero-order valence-corrected chi connectivity index (χ0v) is 78.8. The van der Waals surface area contributed by atoms with Gasteiger partial charge in [-0.2, -0.15) is 48.5 Å². The Balaban J connectivity index is 0.000000115. The van der Waals surface area contributed by atoms with Crippen molar-refractivity contribution in [2.75, 3.05) is 39.3 Å². The van der Waals surface area contributed by atoms with Gasteiger partial charge in [-0.05, 0) is 128 Å². The number of halogens is 1. The van der Waals surface area contributed by atoms with E-state index in [9.17, 15) is 39.6 Å². The van der Waals surface area contributed by atoms with Gasteiger partial charge in [0.05, 0.1) is 98.6 Å². The first-order valence-corrected chi connectivity index (χ1v) is 48.1. The number of carbonyl (C=O) groups is 4. The number of likely N-dealkylation sites (tertiary alicyclic amines) is 3. The maximum Gasteiger partial charge on any atom is 0.306 e. The standard InChI is InChI=1S/C28H28N6O2.C27H25ClN6O2.C27H26N6O3.C26H24N6O2/c1-18(35)28(36)33-13-10-19(11-14-33)15-25-22-9-12-29-26(22)34-27(32-25)23(17-31-34)21-7-8-24(30-16-21)20-5-3-2-4-6-20;1-16(35)27(36)33-11-9-18(10-12-33)24-23-21(28)15-30-26(23)34-25(32-24)20(14-31-34)19-7-8-22(29-13-19)17-5-3-2-4-6-17;1-17(34)27(35)32-13-10-20(11-14-32)36-26-21-9-12-28-24(21)33-25(31-26)22(16-30-33)19-7-8-23(29-15-19)18-5-3-2-4-6-18;1-15-22-23(17-7-9-18(10-8-17)26(33)34)29-24-20(14-28-32(24)25(22)31-30-15)19-11-12-21(27-13-19)16-5-3-2-4-6-16/h2-9,12,16-19,29,35H,10-11,13-15H2,1H3;2-8,13-16,18,30,35H,9-12H2,1H3;2-9,12,15-17,20,28,34H,10-11,13-14H2,1H3;2-6,11-14,17-18H,7-10H2,1H3,(H,30,31)(H,33,34)/t18-;16-;17-;/m111./s1/i;;;2D,3D,4D,5D,6D. The summed E-state index contributed by atoms with van der Waals surface area (Å²) in [6.07, 6.45) is 24.9. The Bertz CT molecular complexity index is 8030. The van der Waals surface area contributed by atoms with Gasteiger partial charge in [-0.1, -0.05) is 157 Å². The summed E-state index contributed by atoms with van der Waals surface area (Å²) in [5.41, 5.74) is 22.8. The zero-order valence-electron chi connectivity index (χ0n) is 83.1. The molecule has 3 saturated heterocycles. The minimum atomic E-state index is -0.988. The lowest BCUT2D eigenvalue weighted by Crippen LogP contribution is -2.45. The number of amides is 3. The molecule has 34 heteroatoms. The largest absolute Gasteiger partial charge is 0.481 e. The molecular weight excluding hydrogens is 1810 g/mol. The van der Waals surface area contributed by atoms with Gasteiger partial charge in [-0.25, -0.2) is 15.0 Å². The summed E-state index contributed by atoms with van der Waals surface area (Å²) in [7, 11) is 0. The molecule has 3 amide bonds. The van der Waals surface area contributed by atoms with Crippen LogP contribution >= 0.6 is 11.6 Å². The molecule has 8 N–H and O–H groups in total. The normalized spacial score (nSPS) is 16.7. The van der Waals surface area contributed by atoms with Crippen LogP contribution in [0.3, 0.4) is 0 Å². The van der Waals surface area contributed by atoms with Gasteiger partial charge in [-0.15, -0.1) is 0 Å². The van der Waals surface area contributed by atoms with Gasteiger partial charge in [-0.3, -0.25) is 44.2 Å². The summed E-state index contributed by atoms with van der Waals surface area (Å²) in [4.78, 5) is 102. The lowest BCUT2D eigenvalue weighted by molar-refractivity contribution is -0.143. The average molecular weight is 1920 g/mol. The fourth-order valence-electron chi connectivity index (χ4n) is 19.8. The number of carbonyl (C=O) groups excluding carboxylic acids is 3. The molecule has 16 aromatic heterocycles. The molecule has 0 spiro atoms. The number of carboxylic acids is 1. The predicted octanol–water partition coefficient (Wildman–Crippen LogP) is 17.5. The Morgan fingerprint density at radius 1 is 0.430 bits per heavy atom. The van der Waals surface area contributed by atoms with Crippen molar-refractivity contribution in [3.63, 3.8) is 0 Å². The van der Waals surface area contributed by atoms with Crippen LogP contribution in [0.1, 0.15) is 126 Å². The summed E-state index contributed by atoms with van der Waals surface area (Å²) in [5.74, 6) is -0.547. The van der Waals surface area contributed by atoms with E-state index in [0.29, 0.717) is 110 Å². The number of fused-ring (bicyclic) bond motifs is 12. The zero-order chi connectivity index (χ0) is 102. The number of nitrogens with zero attached hydrogens (tertiary/aromatic N) is 20. The quantitative estimate of drug-likeness (QED) is 0.0395. The van der Waals surface area contributed by atoms with Crippen LogP contribution in [-0.2, 0) is 25.6 Å². The fourth-order valence-corrected chi connectivity index (χ4v) is 20.0. The number of carboxylic acid groups (broad SMARTS) is 1. The number of nitrogens with one attached hydrogen (secondary N) is 4. The molecule has 0 bridgehead atoms. The first-order chi connectivity index (χ1) is 71.3. The van der Waals surface area contributed by atoms with Gasteiger partial charge in [0, 0.05) is 185 Å². The van der Waals surface area contributed by atoms with Crippen LogP contribution < -0.4 is 4.74 Å². The number of aromatic amines is 4. The number of aliphatic carboxylic acids is 1. The highest BCUT2D eigenvalue weighted by Gasteiger charge is 2.35. The summed E-state index contributed by atoms with van der Waals surface area (Å²) in [5, 5.41) is 68.5. The van der Waals surface area contributed by atoms with Crippen molar-refractivity contribution in [3.8, 4) is 95.4 Å². The molecule has 0 unspecified atom stereocenters. The molecule has 4 aromatic carbocycles. The lowest BCUT2D eigenvalue weighted by Gasteiger charge is -2.32. The van der Waals surface area contributed by atoms with Crippen LogP contribution in [0, 0.1) is 18.8 Å². The van der Waals surface area contributed by atoms with Crippen LogP contribution in [0.2, 0.25) is 5.02 Å². The highest BCUT2D eigenvalue weighted by atomic mass is 35.5. The highest BCUT2D eigenvalue weighted by Crippen LogP contribution is 2.43. The maximum atomic E-state index is 12.2. The molecule has 24 rings (SSSR count). The molecule has 33 nitrogen and oxygen atoms in total. The molecule has 20 aromatic rings. The van der Waals surface area contributed by atoms with E-state index in [2.05, 4.69) is 84.8 Å². The average Bonchev–Trinajstić information content (AvgIpc) is 1.57. The number of pyridine rings is 4. The number of ether oxygens (including phenoxy) is 1. The topological polar surface area (TPSA) is 417 Å². The van der Waals surface area contributed by atoms with Gasteiger partial charge in [0.2, 0.25) is 5.88 Å². The molecule has 3 aliphatic heterocycles. The number of aliphatic hydroxyl groups excluding tert-OH is 3. The monoisotopic (exact) mass is 1920 g/mol. The van der Waals surface area contributed by atoms with Crippen LogP contribution in [0.5, 0.6) is 5.88 Å². The number of aryl methyl sites for hydroxylation is 1. The Labute approximate surface area is 825 Å². The Hall–Kier alpha value is -16.1. The van der Waals surface area contributed by atoms with Crippen LogP contribution in [0.25, 0.3) is 156 Å². The number of H-pyrrole nitrogens is 4. The second kappa shape index (κ2) is 40.0. The van der Waals surface area contributed by atoms with Crippen molar-refractivity contribution in [2.45, 2.75) is 135 Å². The first-order valence-electron chi connectivity index (χ1n) is 50.2. The Kier molecular flexibility index (Phi) is 24.3. The van der Waals surface area contributed by atoms with E-state index in [0.717, 1.165) is 185 Å². The van der Waals surface area contributed by atoms with Crippen LogP contribution in [-0.4, -0.2) is 226 Å². The minimum absolute atomic E-state index is 0.0403. The summed E-state index contributed by atoms with van der Waals surface area (Å²) in [6.45, 7) is 10.0. The molecule has 0 radical (unpaired) electrons. The first kappa shape index (κ1) is 86.3. The molecular formula is C108H103ClN24O9. The number of benzene rings is 4. The third-order valence-electron chi connectivity index (χ3n) is 27.4. The van der Waals surface area contributed by atoms with E-state index < -0.39 is 42.4 Å². The second-order valence-corrected chi connectivity index (χ2v) is 36.9. The van der Waals surface area contributed by atoms with Gasteiger partial charge >= 0.3 is 5.97 Å². The Morgan fingerprint density at radius 2 is 0.838 bits per heavy atom. The summed E-state index contributed by atoms with van der Waals surface area (Å²) < 4.78 is 53.6. The molecule has 19 heterocycles. The fraction of sp³-hybridized carbons (Fsp3) is 0.269. The number of rotatable bonds is 18. The van der Waals surface area contributed by atoms with Gasteiger partial charge in [0.1, 0.15) is 41.4 Å². The number of aromatic nitrogens is 21. The Morgan fingerprint density at radius 3 is 1.30 bits per heavy atom. The molecule has 716 valence electrons. The molecule has 1 saturated carbocycles. The SMILES string of the molecule is C[C@@H](O)C(=O)N1CCC(Cc2nc3c(-c4ccc(-c5ccccc5)nc4)cnn3c3[nH]ccc23)CC1.C[C@@H](O)C(=O)N1CCC(Oc2nc3c(-c4ccc(-c5ccccc5)nc4)cnn3c3[nH]ccc23)CC1.C[C@@H](O)C(=O)N1CCC(c2nc3c(-c4ccc(-c5ccccc5)nc4)cnn3c3[nH]cc(Cl)c23)CC1.[2H]c1c([2H])c([2H])c(-c2ccc(-c3cnn4c3nc(C3CCC(C(=O)O)CC3)c3c(C)[nH]nc34)cn2)c([2H])c1[2H]. The molecule has 142 heavy (non-hydrogen) atoms. The summed E-state index contributed by atoms with van der Waals surface area (Å²) in [6, 6.07) is 47.9. The van der Waals surface area contributed by atoms with E-state index in [-0.39, 0.29) is 64.9 Å². The van der Waals surface area contributed by atoms with E-state index in [1.807, 2.05) is 170 Å². The molecule has 3 atom stereocenters.